The van der Waals surface area contributed by atoms with Gasteiger partial charge in [0.15, 0.2) is 5.82 Å². The Bertz CT molecular complexity index is 1140. The maximum absolute atomic E-state index is 14.0. The SMILES string of the molecule is CCc1[nH]c(=O)c(C(=O)N2CCc3onc(Nc4ccccc4F)c3C2)cc1C. The van der Waals surface area contributed by atoms with Gasteiger partial charge in [-0.05, 0) is 37.1 Å². The number of nitrogens with one attached hydrogen (secondary N) is 2. The molecule has 2 N–H and O–H groups in total. The highest BCUT2D eigenvalue weighted by molar-refractivity contribution is 5.94. The summed E-state index contributed by atoms with van der Waals surface area (Å²) in [4.78, 5) is 29.8. The number of aromatic amines is 1. The summed E-state index contributed by atoms with van der Waals surface area (Å²) in [6, 6.07) is 7.89. The molecule has 0 bridgehead atoms. The van der Waals surface area contributed by atoms with E-state index in [1.807, 2.05) is 13.8 Å². The number of carbonyl (C=O) groups is 1. The van der Waals surface area contributed by atoms with Crippen molar-refractivity contribution in [3.63, 3.8) is 0 Å². The zero-order chi connectivity index (χ0) is 20.5. The molecule has 0 fully saturated rings. The number of fused-ring (bicyclic) bond motifs is 1. The fraction of sp³-hybridized carbons (Fsp3) is 0.286. The fourth-order valence-corrected chi connectivity index (χ4v) is 3.54. The molecule has 0 saturated heterocycles. The molecule has 2 aromatic heterocycles. The smallest absolute Gasteiger partial charge is 0.261 e. The van der Waals surface area contributed by atoms with Crippen molar-refractivity contribution in [2.45, 2.75) is 33.2 Å². The van der Waals surface area contributed by atoms with Crippen LogP contribution >= 0.6 is 0 Å². The molecule has 4 rings (SSSR count). The van der Waals surface area contributed by atoms with Crippen LogP contribution in [-0.2, 0) is 19.4 Å². The van der Waals surface area contributed by atoms with Gasteiger partial charge in [-0.2, -0.15) is 0 Å². The van der Waals surface area contributed by atoms with Gasteiger partial charge in [0.05, 0.1) is 17.8 Å². The number of anilines is 2. The van der Waals surface area contributed by atoms with Crippen LogP contribution in [-0.4, -0.2) is 27.5 Å². The molecule has 0 unspecified atom stereocenters. The molecular formula is C21H21FN4O3. The van der Waals surface area contributed by atoms with Crippen molar-refractivity contribution in [1.29, 1.82) is 0 Å². The summed E-state index contributed by atoms with van der Waals surface area (Å²) in [5.74, 6) is 0.264. The third kappa shape index (κ3) is 3.53. The molecule has 150 valence electrons. The summed E-state index contributed by atoms with van der Waals surface area (Å²) in [5, 5.41) is 6.93. The summed E-state index contributed by atoms with van der Waals surface area (Å²) in [5.41, 5.74) is 2.38. The van der Waals surface area contributed by atoms with Gasteiger partial charge in [-0.1, -0.05) is 24.2 Å². The van der Waals surface area contributed by atoms with Crippen LogP contribution in [0, 0.1) is 12.7 Å². The summed E-state index contributed by atoms with van der Waals surface area (Å²) in [7, 11) is 0. The number of para-hydroxylation sites is 1. The fourth-order valence-electron chi connectivity index (χ4n) is 3.54. The van der Waals surface area contributed by atoms with E-state index >= 15 is 0 Å². The van der Waals surface area contributed by atoms with Crippen LogP contribution in [0.25, 0.3) is 0 Å². The van der Waals surface area contributed by atoms with E-state index in [9.17, 15) is 14.0 Å². The Kier molecular flexibility index (Phi) is 4.92. The van der Waals surface area contributed by atoms with E-state index in [4.69, 9.17) is 4.52 Å². The Labute approximate surface area is 166 Å². The molecule has 1 amide bonds. The van der Waals surface area contributed by atoms with E-state index in [-0.39, 0.29) is 23.7 Å². The molecule has 0 spiro atoms. The number of H-pyrrole nitrogens is 1. The predicted molar refractivity (Wildman–Crippen MR) is 106 cm³/mol. The van der Waals surface area contributed by atoms with Gasteiger partial charge < -0.3 is 19.7 Å². The molecule has 1 aliphatic rings. The molecule has 0 atom stereocenters. The van der Waals surface area contributed by atoms with Gasteiger partial charge in [0.25, 0.3) is 11.5 Å². The molecule has 1 aromatic carbocycles. The molecule has 0 radical (unpaired) electrons. The van der Waals surface area contributed by atoms with Crippen molar-refractivity contribution in [3.8, 4) is 0 Å². The van der Waals surface area contributed by atoms with Crippen molar-refractivity contribution in [2.24, 2.45) is 0 Å². The van der Waals surface area contributed by atoms with Gasteiger partial charge >= 0.3 is 0 Å². The van der Waals surface area contributed by atoms with Gasteiger partial charge in [0, 0.05) is 18.7 Å². The molecule has 8 heteroatoms. The molecule has 0 saturated carbocycles. The molecule has 0 aliphatic carbocycles. The van der Waals surface area contributed by atoms with Gasteiger partial charge in [-0.25, -0.2) is 4.39 Å². The van der Waals surface area contributed by atoms with E-state index in [1.165, 1.54) is 6.07 Å². The molecule has 3 heterocycles. The van der Waals surface area contributed by atoms with E-state index in [2.05, 4.69) is 15.5 Å². The first kappa shape index (κ1) is 18.9. The lowest BCUT2D eigenvalue weighted by molar-refractivity contribution is 0.0727. The van der Waals surface area contributed by atoms with Crippen molar-refractivity contribution in [2.75, 3.05) is 11.9 Å². The van der Waals surface area contributed by atoms with E-state index < -0.39 is 11.4 Å². The second-order valence-electron chi connectivity index (χ2n) is 7.04. The summed E-state index contributed by atoms with van der Waals surface area (Å²) in [6.07, 6.45) is 1.16. The quantitative estimate of drug-likeness (QED) is 0.706. The number of halogens is 1. The summed E-state index contributed by atoms with van der Waals surface area (Å²) in [6.45, 7) is 4.45. The maximum Gasteiger partial charge on any atom is 0.261 e. The van der Waals surface area contributed by atoms with Gasteiger partial charge in [-0.15, -0.1) is 0 Å². The summed E-state index contributed by atoms with van der Waals surface area (Å²) >= 11 is 0. The number of hydrogen-bond acceptors (Lipinski definition) is 5. The van der Waals surface area contributed by atoms with E-state index in [1.54, 1.807) is 29.2 Å². The second-order valence-corrected chi connectivity index (χ2v) is 7.04. The lowest BCUT2D eigenvalue weighted by Crippen LogP contribution is -2.38. The highest BCUT2D eigenvalue weighted by Gasteiger charge is 2.29. The average Bonchev–Trinajstić information content (AvgIpc) is 3.12. The van der Waals surface area contributed by atoms with Crippen molar-refractivity contribution in [1.82, 2.24) is 15.0 Å². The van der Waals surface area contributed by atoms with Crippen molar-refractivity contribution in [3.05, 3.63) is 74.6 Å². The zero-order valence-corrected chi connectivity index (χ0v) is 16.2. The number of benzene rings is 1. The van der Waals surface area contributed by atoms with Crippen LogP contribution in [0.4, 0.5) is 15.9 Å². The maximum atomic E-state index is 14.0. The minimum absolute atomic E-state index is 0.114. The zero-order valence-electron chi connectivity index (χ0n) is 16.2. The van der Waals surface area contributed by atoms with E-state index in [0.717, 1.165) is 11.3 Å². The standard InChI is InChI=1S/C21H21FN4O3/c1-3-16-12(2)10-13(20(27)24-16)21(28)26-9-8-18-14(11-26)19(25-29-18)23-17-7-5-4-6-15(17)22/h4-7,10H,3,8-9,11H2,1-2H3,(H,23,25)(H,24,27). The number of aromatic nitrogens is 2. The van der Waals surface area contributed by atoms with Crippen LogP contribution in [0.1, 0.15) is 39.9 Å². The number of pyridine rings is 1. The van der Waals surface area contributed by atoms with Crippen LogP contribution in [0.15, 0.2) is 39.6 Å². The first-order valence-electron chi connectivity index (χ1n) is 9.49. The number of amides is 1. The minimum atomic E-state index is -0.411. The minimum Gasteiger partial charge on any atom is -0.359 e. The highest BCUT2D eigenvalue weighted by atomic mass is 19.1. The van der Waals surface area contributed by atoms with E-state index in [0.29, 0.717) is 36.5 Å². The Hall–Kier alpha value is -3.42. The number of nitrogens with zero attached hydrogens (tertiary/aromatic N) is 2. The average molecular weight is 396 g/mol. The van der Waals surface area contributed by atoms with Gasteiger partial charge in [0.1, 0.15) is 17.1 Å². The van der Waals surface area contributed by atoms with Crippen LogP contribution in [0.5, 0.6) is 0 Å². The first-order valence-corrected chi connectivity index (χ1v) is 9.49. The Balaban J connectivity index is 1.60. The monoisotopic (exact) mass is 396 g/mol. The molecule has 29 heavy (non-hydrogen) atoms. The van der Waals surface area contributed by atoms with Crippen LogP contribution in [0.3, 0.4) is 0 Å². The van der Waals surface area contributed by atoms with Crippen molar-refractivity contribution < 1.29 is 13.7 Å². The lowest BCUT2D eigenvalue weighted by atomic mass is 10.1. The number of aryl methyl sites for hydroxylation is 2. The first-order chi connectivity index (χ1) is 14.0. The lowest BCUT2D eigenvalue weighted by Gasteiger charge is -2.26. The molecule has 1 aliphatic heterocycles. The normalized spacial score (nSPS) is 13.3. The summed E-state index contributed by atoms with van der Waals surface area (Å²) < 4.78 is 19.3. The Morgan fingerprint density at radius 3 is 2.93 bits per heavy atom. The van der Waals surface area contributed by atoms with Crippen LogP contribution in [0.2, 0.25) is 0 Å². The second kappa shape index (κ2) is 7.54. The third-order valence-corrected chi connectivity index (χ3v) is 5.17. The largest absolute Gasteiger partial charge is 0.359 e. The number of rotatable bonds is 4. The van der Waals surface area contributed by atoms with Crippen LogP contribution < -0.4 is 10.9 Å². The Morgan fingerprint density at radius 2 is 2.17 bits per heavy atom. The highest BCUT2D eigenvalue weighted by Crippen LogP contribution is 2.29. The number of hydrogen-bond donors (Lipinski definition) is 2. The number of carbonyl (C=O) groups excluding carboxylic acids is 1. The third-order valence-electron chi connectivity index (χ3n) is 5.17. The molecule has 7 nitrogen and oxygen atoms in total. The Morgan fingerprint density at radius 1 is 1.38 bits per heavy atom. The molecular weight excluding hydrogens is 375 g/mol. The molecule has 3 aromatic rings. The van der Waals surface area contributed by atoms with Gasteiger partial charge in [0.2, 0.25) is 0 Å². The predicted octanol–water partition coefficient (Wildman–Crippen LogP) is 3.31. The topological polar surface area (TPSA) is 91.2 Å². The van der Waals surface area contributed by atoms with Crippen molar-refractivity contribution >= 4 is 17.4 Å². The van der Waals surface area contributed by atoms with Gasteiger partial charge in [-0.3, -0.25) is 9.59 Å².